The van der Waals surface area contributed by atoms with E-state index in [-0.39, 0.29) is 0 Å². The van der Waals surface area contributed by atoms with Crippen molar-refractivity contribution in [3.63, 3.8) is 0 Å². The van der Waals surface area contributed by atoms with Crippen LogP contribution < -0.4 is 0 Å². The first-order chi connectivity index (χ1) is 9.51. The van der Waals surface area contributed by atoms with E-state index in [0.29, 0.717) is 6.61 Å². The van der Waals surface area contributed by atoms with Gasteiger partial charge in [0.2, 0.25) is 0 Å². The molecule has 0 heterocycles. The van der Waals surface area contributed by atoms with E-state index in [1.54, 1.807) is 0 Å². The number of hydrogen-bond acceptors (Lipinski definition) is 4. The lowest BCUT2D eigenvalue weighted by Crippen LogP contribution is -2.33. The van der Waals surface area contributed by atoms with E-state index in [4.69, 9.17) is 4.18 Å². The molecule has 0 aromatic carbocycles. The Balaban J connectivity index is 2.27. The van der Waals surface area contributed by atoms with Crippen LogP contribution in [0.4, 0.5) is 0 Å². The summed E-state index contributed by atoms with van der Waals surface area (Å²) in [6, 6.07) is 0. The Morgan fingerprint density at radius 1 is 1.10 bits per heavy atom. The third kappa shape index (κ3) is 8.93. The maximum atomic E-state index is 10.9. The monoisotopic (exact) mass is 305 g/mol. The molecule has 1 saturated carbocycles. The summed E-state index contributed by atoms with van der Waals surface area (Å²) < 4.78 is 26.7. The van der Waals surface area contributed by atoms with Crippen molar-refractivity contribution < 1.29 is 12.6 Å². The number of unbranched alkanes of at least 4 members (excludes halogenated alkanes) is 1. The average Bonchev–Trinajstić information content (AvgIpc) is 2.40. The third-order valence-corrected chi connectivity index (χ3v) is 4.58. The van der Waals surface area contributed by atoms with Gasteiger partial charge in [-0.2, -0.15) is 8.42 Å². The third-order valence-electron chi connectivity index (χ3n) is 3.99. The molecule has 0 unspecified atom stereocenters. The molecule has 0 radical (unpaired) electrons. The summed E-state index contributed by atoms with van der Waals surface area (Å²) in [7, 11) is -3.28. The number of nitrogens with zero attached hydrogens (tertiary/aromatic N) is 1. The lowest BCUT2D eigenvalue weighted by atomic mass is 9.89. The van der Waals surface area contributed by atoms with Gasteiger partial charge in [0.25, 0.3) is 10.1 Å². The van der Waals surface area contributed by atoms with Gasteiger partial charge in [0.1, 0.15) is 0 Å². The number of rotatable bonds is 10. The van der Waals surface area contributed by atoms with E-state index in [2.05, 4.69) is 11.8 Å². The van der Waals surface area contributed by atoms with Crippen molar-refractivity contribution in [1.82, 2.24) is 4.90 Å². The zero-order chi connectivity index (χ0) is 14.8. The maximum absolute atomic E-state index is 10.9. The van der Waals surface area contributed by atoms with E-state index in [9.17, 15) is 8.42 Å². The molecule has 0 aromatic rings. The molecule has 0 atom stereocenters. The first-order valence-electron chi connectivity index (χ1n) is 8.08. The summed E-state index contributed by atoms with van der Waals surface area (Å²) in [5.74, 6) is 0.844. The molecule has 0 amide bonds. The second kappa shape index (κ2) is 9.74. The van der Waals surface area contributed by atoms with Crippen LogP contribution in [0.5, 0.6) is 0 Å². The van der Waals surface area contributed by atoms with Gasteiger partial charge in [0.05, 0.1) is 12.9 Å². The van der Waals surface area contributed by atoms with Crippen molar-refractivity contribution in [2.24, 2.45) is 5.92 Å². The highest BCUT2D eigenvalue weighted by Gasteiger charge is 2.17. The smallest absolute Gasteiger partial charge is 0.264 e. The molecule has 0 aromatic heterocycles. The van der Waals surface area contributed by atoms with Crippen LogP contribution in [-0.2, 0) is 14.3 Å². The molecular formula is C15H31NO3S. The molecule has 1 aliphatic carbocycles. The normalized spacial score (nSPS) is 17.8. The largest absolute Gasteiger partial charge is 0.303 e. The average molecular weight is 305 g/mol. The van der Waals surface area contributed by atoms with Crippen LogP contribution in [0, 0.1) is 5.92 Å². The summed E-state index contributed by atoms with van der Waals surface area (Å²) in [6.07, 6.45) is 11.2. The van der Waals surface area contributed by atoms with Crippen LogP contribution in [0.25, 0.3) is 0 Å². The van der Waals surface area contributed by atoms with Crippen LogP contribution in [0.1, 0.15) is 58.3 Å². The van der Waals surface area contributed by atoms with Gasteiger partial charge in [-0.1, -0.05) is 32.6 Å². The summed E-state index contributed by atoms with van der Waals surface area (Å²) in [6.45, 7) is 5.79. The Morgan fingerprint density at radius 2 is 1.75 bits per heavy atom. The molecule has 20 heavy (non-hydrogen) atoms. The Kier molecular flexibility index (Phi) is 8.73. The van der Waals surface area contributed by atoms with E-state index in [0.717, 1.165) is 31.7 Å². The van der Waals surface area contributed by atoms with Crippen LogP contribution in [0.3, 0.4) is 0 Å². The van der Waals surface area contributed by atoms with Crippen LogP contribution in [0.2, 0.25) is 0 Å². The molecule has 0 aliphatic heterocycles. The van der Waals surface area contributed by atoms with Crippen molar-refractivity contribution in [3.05, 3.63) is 0 Å². The zero-order valence-electron chi connectivity index (χ0n) is 13.1. The number of hydrogen-bond donors (Lipinski definition) is 0. The Labute approximate surface area is 125 Å². The topological polar surface area (TPSA) is 46.6 Å². The van der Waals surface area contributed by atoms with Crippen LogP contribution in [-0.4, -0.2) is 45.8 Å². The van der Waals surface area contributed by atoms with Gasteiger partial charge >= 0.3 is 0 Å². The summed E-state index contributed by atoms with van der Waals surface area (Å²) in [5.41, 5.74) is 0. The standard InChI is InChI=1S/C15H31NO3S/c1-3-4-11-16(12-8-13-19-20(2,17)18)14-15-9-6-5-7-10-15/h15H,3-14H2,1-2H3. The Morgan fingerprint density at radius 3 is 2.35 bits per heavy atom. The molecule has 1 rings (SSSR count). The van der Waals surface area contributed by atoms with Crippen LogP contribution in [0.15, 0.2) is 0 Å². The van der Waals surface area contributed by atoms with E-state index >= 15 is 0 Å². The fourth-order valence-electron chi connectivity index (χ4n) is 2.91. The fraction of sp³-hybridized carbons (Fsp3) is 1.00. The second-order valence-corrected chi connectivity index (χ2v) is 7.68. The predicted octanol–water partition coefficient (Wildman–Crippen LogP) is 3.04. The minimum atomic E-state index is -3.28. The molecule has 1 fully saturated rings. The maximum Gasteiger partial charge on any atom is 0.264 e. The van der Waals surface area contributed by atoms with E-state index in [1.807, 2.05) is 0 Å². The van der Waals surface area contributed by atoms with Gasteiger partial charge < -0.3 is 4.90 Å². The second-order valence-electron chi connectivity index (χ2n) is 6.04. The first kappa shape index (κ1) is 17.9. The minimum absolute atomic E-state index is 0.312. The summed E-state index contributed by atoms with van der Waals surface area (Å²) in [5, 5.41) is 0. The predicted molar refractivity (Wildman–Crippen MR) is 83.3 cm³/mol. The molecule has 120 valence electrons. The fourth-order valence-corrected chi connectivity index (χ4v) is 3.33. The highest BCUT2D eigenvalue weighted by molar-refractivity contribution is 7.85. The Bertz CT molecular complexity index is 337. The van der Waals surface area contributed by atoms with Crippen LogP contribution >= 0.6 is 0 Å². The minimum Gasteiger partial charge on any atom is -0.303 e. The highest BCUT2D eigenvalue weighted by atomic mass is 32.2. The lowest BCUT2D eigenvalue weighted by molar-refractivity contribution is 0.184. The SMILES string of the molecule is CCCCN(CCCOS(C)(=O)=O)CC1CCCCC1. The highest BCUT2D eigenvalue weighted by Crippen LogP contribution is 2.24. The molecule has 5 heteroatoms. The molecular weight excluding hydrogens is 274 g/mol. The molecule has 0 saturated heterocycles. The van der Waals surface area contributed by atoms with Crippen molar-refractivity contribution in [2.45, 2.75) is 58.3 Å². The van der Waals surface area contributed by atoms with Crippen molar-refractivity contribution in [2.75, 3.05) is 32.5 Å². The summed E-state index contributed by atoms with van der Waals surface area (Å²) in [4.78, 5) is 2.51. The van der Waals surface area contributed by atoms with Gasteiger partial charge in [-0.25, -0.2) is 0 Å². The van der Waals surface area contributed by atoms with Gasteiger partial charge in [0, 0.05) is 13.1 Å². The molecule has 0 N–H and O–H groups in total. The van der Waals surface area contributed by atoms with Crippen molar-refractivity contribution in [3.8, 4) is 0 Å². The molecule has 1 aliphatic rings. The van der Waals surface area contributed by atoms with Gasteiger partial charge in [-0.3, -0.25) is 4.18 Å². The molecule has 4 nitrogen and oxygen atoms in total. The lowest BCUT2D eigenvalue weighted by Gasteiger charge is -2.29. The van der Waals surface area contributed by atoms with Crippen molar-refractivity contribution in [1.29, 1.82) is 0 Å². The molecule has 0 spiro atoms. The van der Waals surface area contributed by atoms with E-state index in [1.165, 1.54) is 51.5 Å². The van der Waals surface area contributed by atoms with Gasteiger partial charge in [0.15, 0.2) is 0 Å². The van der Waals surface area contributed by atoms with Gasteiger partial charge in [-0.05, 0) is 38.1 Å². The Hall–Kier alpha value is -0.130. The van der Waals surface area contributed by atoms with E-state index < -0.39 is 10.1 Å². The van der Waals surface area contributed by atoms with Gasteiger partial charge in [-0.15, -0.1) is 0 Å². The zero-order valence-corrected chi connectivity index (χ0v) is 14.0. The quantitative estimate of drug-likeness (QED) is 0.460. The first-order valence-corrected chi connectivity index (χ1v) is 9.89. The van der Waals surface area contributed by atoms with Crippen molar-refractivity contribution >= 4 is 10.1 Å². The molecule has 0 bridgehead atoms. The summed E-state index contributed by atoms with van der Waals surface area (Å²) >= 11 is 0.